The molecular formula is C15H25N3O. The molecule has 4 heteroatoms. The molecule has 1 aliphatic rings. The van der Waals surface area contributed by atoms with Gasteiger partial charge in [0.05, 0.1) is 12.1 Å². The number of ether oxygens (including phenoxy) is 1. The highest BCUT2D eigenvalue weighted by molar-refractivity contribution is 5.51. The van der Waals surface area contributed by atoms with Gasteiger partial charge in [0.1, 0.15) is 0 Å². The summed E-state index contributed by atoms with van der Waals surface area (Å²) >= 11 is 0. The molecule has 106 valence electrons. The van der Waals surface area contributed by atoms with Gasteiger partial charge in [-0.3, -0.25) is 0 Å². The Balaban J connectivity index is 2.22. The van der Waals surface area contributed by atoms with Gasteiger partial charge in [-0.2, -0.15) is 0 Å². The molecule has 2 unspecified atom stereocenters. The summed E-state index contributed by atoms with van der Waals surface area (Å²) in [4.78, 5) is 4.43. The lowest BCUT2D eigenvalue weighted by Gasteiger charge is -2.43. The van der Waals surface area contributed by atoms with Gasteiger partial charge in [0.15, 0.2) is 11.6 Å². The van der Waals surface area contributed by atoms with Crippen LogP contribution in [-0.4, -0.2) is 23.7 Å². The molecule has 3 N–H and O–H groups in total. The molecular weight excluding hydrogens is 238 g/mol. The zero-order chi connectivity index (χ0) is 13.7. The zero-order valence-electron chi connectivity index (χ0n) is 12.0. The Kier molecular flexibility index (Phi) is 4.64. The average molecular weight is 263 g/mol. The average Bonchev–Trinajstić information content (AvgIpc) is 2.44. The number of nitrogens with one attached hydrogen (secondary N) is 1. The van der Waals surface area contributed by atoms with E-state index in [1.165, 1.54) is 19.3 Å². The van der Waals surface area contributed by atoms with E-state index in [4.69, 9.17) is 10.5 Å². The number of nitrogens with two attached hydrogens (primary N) is 1. The van der Waals surface area contributed by atoms with E-state index in [9.17, 15) is 0 Å². The second kappa shape index (κ2) is 6.24. The van der Waals surface area contributed by atoms with Crippen LogP contribution in [0.25, 0.3) is 0 Å². The van der Waals surface area contributed by atoms with E-state index in [1.807, 2.05) is 19.1 Å². The molecule has 1 aromatic rings. The van der Waals surface area contributed by atoms with Crippen molar-refractivity contribution in [3.05, 3.63) is 18.3 Å². The predicted octanol–water partition coefficient (Wildman–Crippen LogP) is 2.80. The number of hydrogen-bond donors (Lipinski definition) is 2. The van der Waals surface area contributed by atoms with Crippen LogP contribution in [0, 0.1) is 5.92 Å². The monoisotopic (exact) mass is 263 g/mol. The smallest absolute Gasteiger partial charge is 0.169 e. The predicted molar refractivity (Wildman–Crippen MR) is 78.4 cm³/mol. The molecule has 19 heavy (non-hydrogen) atoms. The third-order valence-electron chi connectivity index (χ3n) is 4.26. The number of pyridine rings is 1. The summed E-state index contributed by atoms with van der Waals surface area (Å²) in [5, 5.41) is 3.59. The van der Waals surface area contributed by atoms with Crippen molar-refractivity contribution in [2.24, 2.45) is 11.7 Å². The fourth-order valence-electron chi connectivity index (χ4n) is 2.95. The van der Waals surface area contributed by atoms with Crippen LogP contribution in [0.4, 0.5) is 5.82 Å². The lowest BCUT2D eigenvalue weighted by atomic mass is 9.73. The summed E-state index contributed by atoms with van der Waals surface area (Å²) in [7, 11) is 0. The maximum Gasteiger partial charge on any atom is 0.169 e. The number of aromatic nitrogens is 1. The molecule has 0 aromatic carbocycles. The fourth-order valence-corrected chi connectivity index (χ4v) is 2.95. The SMILES string of the molecule is CCOc1cccnc1NC1(CN)CCCCC1C. The molecule has 1 saturated carbocycles. The second-order valence-electron chi connectivity index (χ2n) is 5.42. The van der Waals surface area contributed by atoms with E-state index >= 15 is 0 Å². The Morgan fingerprint density at radius 2 is 2.37 bits per heavy atom. The fraction of sp³-hybridized carbons (Fsp3) is 0.667. The maximum atomic E-state index is 6.07. The zero-order valence-corrected chi connectivity index (χ0v) is 12.0. The van der Waals surface area contributed by atoms with Crippen molar-refractivity contribution in [1.82, 2.24) is 4.98 Å². The van der Waals surface area contributed by atoms with E-state index in [-0.39, 0.29) is 5.54 Å². The molecule has 1 aromatic heterocycles. The normalized spacial score (nSPS) is 27.0. The minimum Gasteiger partial charge on any atom is -0.490 e. The van der Waals surface area contributed by atoms with Crippen LogP contribution in [0.1, 0.15) is 39.5 Å². The van der Waals surface area contributed by atoms with Crippen molar-refractivity contribution in [2.75, 3.05) is 18.5 Å². The largest absolute Gasteiger partial charge is 0.490 e. The van der Waals surface area contributed by atoms with Gasteiger partial charge in [-0.15, -0.1) is 0 Å². The molecule has 0 saturated heterocycles. The minimum absolute atomic E-state index is 0.0432. The summed E-state index contributed by atoms with van der Waals surface area (Å²) in [5.74, 6) is 2.20. The second-order valence-corrected chi connectivity index (χ2v) is 5.42. The molecule has 0 amide bonds. The molecule has 1 heterocycles. The van der Waals surface area contributed by atoms with Gasteiger partial charge in [0, 0.05) is 12.7 Å². The first-order valence-electron chi connectivity index (χ1n) is 7.28. The summed E-state index contributed by atoms with van der Waals surface area (Å²) in [6, 6.07) is 3.85. The molecule has 0 bridgehead atoms. The lowest BCUT2D eigenvalue weighted by molar-refractivity contribution is 0.233. The topological polar surface area (TPSA) is 60.2 Å². The maximum absolute atomic E-state index is 6.07. The van der Waals surface area contributed by atoms with Gasteiger partial charge in [-0.05, 0) is 37.8 Å². The van der Waals surface area contributed by atoms with Gasteiger partial charge < -0.3 is 15.8 Å². The highest BCUT2D eigenvalue weighted by atomic mass is 16.5. The van der Waals surface area contributed by atoms with Crippen LogP contribution < -0.4 is 15.8 Å². The third kappa shape index (κ3) is 3.00. The van der Waals surface area contributed by atoms with Gasteiger partial charge in [0.2, 0.25) is 0 Å². The molecule has 0 radical (unpaired) electrons. The van der Waals surface area contributed by atoms with E-state index in [1.54, 1.807) is 6.20 Å². The first-order valence-corrected chi connectivity index (χ1v) is 7.28. The molecule has 4 nitrogen and oxygen atoms in total. The van der Waals surface area contributed by atoms with Crippen LogP contribution in [0.15, 0.2) is 18.3 Å². The molecule has 0 aliphatic heterocycles. The minimum atomic E-state index is -0.0432. The molecule has 2 atom stereocenters. The molecule has 2 rings (SSSR count). The standard InChI is InChI=1S/C15H25N3O/c1-3-19-13-8-6-10-17-14(13)18-15(11-16)9-5-4-7-12(15)2/h6,8,10,12H,3-5,7,9,11,16H2,1-2H3,(H,17,18). The Morgan fingerprint density at radius 3 is 3.05 bits per heavy atom. The van der Waals surface area contributed by atoms with Crippen molar-refractivity contribution >= 4 is 5.82 Å². The Labute approximate surface area is 115 Å². The van der Waals surface area contributed by atoms with E-state index in [0.29, 0.717) is 19.1 Å². The van der Waals surface area contributed by atoms with Gasteiger partial charge >= 0.3 is 0 Å². The highest BCUT2D eigenvalue weighted by Crippen LogP contribution is 2.37. The van der Waals surface area contributed by atoms with Crippen molar-refractivity contribution in [2.45, 2.75) is 45.1 Å². The van der Waals surface area contributed by atoms with Crippen LogP contribution in [0.3, 0.4) is 0 Å². The van der Waals surface area contributed by atoms with Crippen LogP contribution in [0.5, 0.6) is 5.75 Å². The molecule has 1 fully saturated rings. The lowest BCUT2D eigenvalue weighted by Crippen LogP contribution is -2.52. The highest BCUT2D eigenvalue weighted by Gasteiger charge is 2.37. The van der Waals surface area contributed by atoms with Crippen molar-refractivity contribution in [3.8, 4) is 5.75 Å². The van der Waals surface area contributed by atoms with Crippen LogP contribution in [-0.2, 0) is 0 Å². The van der Waals surface area contributed by atoms with Crippen molar-refractivity contribution in [3.63, 3.8) is 0 Å². The number of nitrogens with zero attached hydrogens (tertiary/aromatic N) is 1. The summed E-state index contributed by atoms with van der Waals surface area (Å²) in [5.41, 5.74) is 6.03. The van der Waals surface area contributed by atoms with E-state index < -0.39 is 0 Å². The molecule has 0 spiro atoms. The van der Waals surface area contributed by atoms with E-state index in [0.717, 1.165) is 18.0 Å². The van der Waals surface area contributed by atoms with Gasteiger partial charge in [-0.25, -0.2) is 4.98 Å². The summed E-state index contributed by atoms with van der Waals surface area (Å²) < 4.78 is 5.64. The van der Waals surface area contributed by atoms with Crippen LogP contribution >= 0.6 is 0 Å². The molecule has 1 aliphatic carbocycles. The van der Waals surface area contributed by atoms with Gasteiger partial charge in [0.25, 0.3) is 0 Å². The Hall–Kier alpha value is -1.29. The summed E-state index contributed by atoms with van der Waals surface area (Å²) in [6.45, 7) is 5.54. The summed E-state index contributed by atoms with van der Waals surface area (Å²) in [6.07, 6.45) is 6.65. The first-order chi connectivity index (χ1) is 9.22. The Morgan fingerprint density at radius 1 is 1.53 bits per heavy atom. The first kappa shape index (κ1) is 14.1. The van der Waals surface area contributed by atoms with Crippen molar-refractivity contribution < 1.29 is 4.74 Å². The Bertz CT molecular complexity index is 410. The number of rotatable bonds is 5. The number of anilines is 1. The number of hydrogen-bond acceptors (Lipinski definition) is 4. The van der Waals surface area contributed by atoms with Gasteiger partial charge in [-0.1, -0.05) is 19.8 Å². The van der Waals surface area contributed by atoms with Crippen molar-refractivity contribution in [1.29, 1.82) is 0 Å². The third-order valence-corrected chi connectivity index (χ3v) is 4.26. The van der Waals surface area contributed by atoms with E-state index in [2.05, 4.69) is 17.2 Å². The van der Waals surface area contributed by atoms with Crippen LogP contribution in [0.2, 0.25) is 0 Å². The quantitative estimate of drug-likeness (QED) is 0.857.